The lowest BCUT2D eigenvalue weighted by Crippen LogP contribution is -2.18. The molecule has 0 aliphatic heterocycles. The maximum Gasteiger partial charge on any atom is 0.175 e. The Kier molecular flexibility index (Phi) is 9.82. The van der Waals surface area contributed by atoms with E-state index in [0.717, 1.165) is 16.6 Å². The Balaban J connectivity index is 0.00000312. The summed E-state index contributed by atoms with van der Waals surface area (Å²) >= 11 is 3.50. The molecule has 0 bridgehead atoms. The third kappa shape index (κ3) is 6.47. The van der Waals surface area contributed by atoms with E-state index in [0.29, 0.717) is 30.2 Å². The van der Waals surface area contributed by atoms with Gasteiger partial charge in [0.1, 0.15) is 12.4 Å². The van der Waals surface area contributed by atoms with Gasteiger partial charge in [0.25, 0.3) is 0 Å². The number of hydrogen-bond donors (Lipinski definition) is 1. The fourth-order valence-corrected chi connectivity index (χ4v) is 2.79. The minimum Gasteiger partial charge on any atom is -0.493 e. The van der Waals surface area contributed by atoms with Crippen LogP contribution in [-0.4, -0.2) is 27.4 Å². The molecule has 0 spiro atoms. The van der Waals surface area contributed by atoms with Crippen molar-refractivity contribution < 1.29 is 18.6 Å². The van der Waals surface area contributed by atoms with Crippen LogP contribution >= 0.6 is 28.3 Å². The van der Waals surface area contributed by atoms with E-state index in [1.807, 2.05) is 12.1 Å². The van der Waals surface area contributed by atoms with Gasteiger partial charge >= 0.3 is 0 Å². The fourth-order valence-electron chi connectivity index (χ4n) is 2.19. The third-order valence-corrected chi connectivity index (χ3v) is 4.02. The van der Waals surface area contributed by atoms with E-state index in [2.05, 4.69) is 21.2 Å². The van der Waals surface area contributed by atoms with Crippen LogP contribution < -0.4 is 14.8 Å². The fraction of sp³-hybridized carbons (Fsp3) is 0.333. The van der Waals surface area contributed by atoms with Crippen LogP contribution in [0.1, 0.15) is 11.1 Å². The molecule has 1 N–H and O–H groups in total. The summed E-state index contributed by atoms with van der Waals surface area (Å²) in [6.45, 7) is 2.24. The highest BCUT2D eigenvalue weighted by atomic mass is 79.9. The highest BCUT2D eigenvalue weighted by molar-refractivity contribution is 9.10. The summed E-state index contributed by atoms with van der Waals surface area (Å²) < 4.78 is 30.7. The standard InChI is InChI=1S/C18H21BrFNO3.ClH/c1-22-8-7-21-11-13-9-15(19)18(17(10-13)23-2)24-12-14-5-3-4-6-16(14)20;/h3-6,9-10,21H,7-8,11-12H2,1-2H3;1H. The molecule has 2 aromatic carbocycles. The van der Waals surface area contributed by atoms with Gasteiger partial charge in [0.15, 0.2) is 11.5 Å². The van der Waals surface area contributed by atoms with E-state index < -0.39 is 0 Å². The number of halogens is 3. The molecule has 0 heterocycles. The molecule has 0 atom stereocenters. The molecule has 25 heavy (non-hydrogen) atoms. The Morgan fingerprint density at radius 1 is 1.16 bits per heavy atom. The highest BCUT2D eigenvalue weighted by Crippen LogP contribution is 2.37. The predicted molar refractivity (Wildman–Crippen MR) is 102 cm³/mol. The van der Waals surface area contributed by atoms with Crippen LogP contribution in [0.5, 0.6) is 11.5 Å². The zero-order chi connectivity index (χ0) is 17.4. The van der Waals surface area contributed by atoms with Crippen molar-refractivity contribution in [2.45, 2.75) is 13.2 Å². The summed E-state index contributed by atoms with van der Waals surface area (Å²) in [6, 6.07) is 10.4. The number of methoxy groups -OCH3 is 2. The van der Waals surface area contributed by atoms with Crippen molar-refractivity contribution >= 4 is 28.3 Å². The molecular weight excluding hydrogens is 413 g/mol. The van der Waals surface area contributed by atoms with Gasteiger partial charge in [-0.15, -0.1) is 12.4 Å². The lowest BCUT2D eigenvalue weighted by Gasteiger charge is -2.15. The van der Waals surface area contributed by atoms with E-state index in [4.69, 9.17) is 14.2 Å². The first kappa shape index (κ1) is 21.7. The van der Waals surface area contributed by atoms with Crippen LogP contribution in [0.4, 0.5) is 4.39 Å². The molecule has 0 unspecified atom stereocenters. The zero-order valence-electron chi connectivity index (χ0n) is 14.2. The summed E-state index contributed by atoms with van der Waals surface area (Å²) in [5.41, 5.74) is 1.55. The van der Waals surface area contributed by atoms with Crippen molar-refractivity contribution in [1.82, 2.24) is 5.32 Å². The smallest absolute Gasteiger partial charge is 0.175 e. The normalized spacial score (nSPS) is 10.2. The molecule has 2 rings (SSSR count). The molecule has 2 aromatic rings. The summed E-state index contributed by atoms with van der Waals surface area (Å²) in [5.74, 6) is 0.872. The van der Waals surface area contributed by atoms with Gasteiger partial charge < -0.3 is 19.5 Å². The second kappa shape index (κ2) is 11.3. The van der Waals surface area contributed by atoms with Gasteiger partial charge in [-0.05, 0) is 39.7 Å². The van der Waals surface area contributed by atoms with E-state index in [-0.39, 0.29) is 24.8 Å². The SMILES string of the molecule is COCCNCc1cc(Br)c(OCc2ccccc2F)c(OC)c1.Cl. The lowest BCUT2D eigenvalue weighted by atomic mass is 10.2. The number of hydrogen-bond acceptors (Lipinski definition) is 4. The molecule has 7 heteroatoms. The topological polar surface area (TPSA) is 39.7 Å². The van der Waals surface area contributed by atoms with Crippen molar-refractivity contribution in [2.75, 3.05) is 27.4 Å². The number of nitrogens with one attached hydrogen (secondary N) is 1. The Labute approximate surface area is 162 Å². The molecule has 0 saturated carbocycles. The van der Waals surface area contributed by atoms with Gasteiger partial charge in [-0.3, -0.25) is 0 Å². The van der Waals surface area contributed by atoms with Crippen LogP contribution in [0.15, 0.2) is 40.9 Å². The Morgan fingerprint density at radius 3 is 2.60 bits per heavy atom. The second-order valence-electron chi connectivity index (χ2n) is 5.16. The highest BCUT2D eigenvalue weighted by Gasteiger charge is 2.13. The van der Waals surface area contributed by atoms with Crippen molar-refractivity contribution in [3.05, 3.63) is 57.8 Å². The molecule has 0 aliphatic rings. The average molecular weight is 435 g/mol. The van der Waals surface area contributed by atoms with Gasteiger partial charge in [0.2, 0.25) is 0 Å². The predicted octanol–water partition coefficient (Wildman–Crippen LogP) is 4.33. The summed E-state index contributed by atoms with van der Waals surface area (Å²) in [4.78, 5) is 0. The van der Waals surface area contributed by atoms with Crippen molar-refractivity contribution in [2.24, 2.45) is 0 Å². The molecule has 0 aliphatic carbocycles. The van der Waals surface area contributed by atoms with Crippen LogP contribution in [0.2, 0.25) is 0 Å². The number of rotatable bonds is 9. The van der Waals surface area contributed by atoms with Crippen molar-refractivity contribution in [3.63, 3.8) is 0 Å². The maximum absolute atomic E-state index is 13.7. The molecule has 0 aromatic heterocycles. The first-order valence-corrected chi connectivity index (χ1v) is 8.37. The van der Waals surface area contributed by atoms with E-state index >= 15 is 0 Å². The van der Waals surface area contributed by atoms with Crippen molar-refractivity contribution in [3.8, 4) is 11.5 Å². The maximum atomic E-state index is 13.7. The Hall–Kier alpha value is -1.34. The Bertz CT molecular complexity index is 673. The van der Waals surface area contributed by atoms with Crippen LogP contribution in [0.25, 0.3) is 0 Å². The number of benzene rings is 2. The van der Waals surface area contributed by atoms with Gasteiger partial charge in [-0.2, -0.15) is 0 Å². The monoisotopic (exact) mass is 433 g/mol. The average Bonchev–Trinajstić information content (AvgIpc) is 2.58. The quantitative estimate of drug-likeness (QED) is 0.596. The van der Waals surface area contributed by atoms with E-state index in [1.165, 1.54) is 6.07 Å². The van der Waals surface area contributed by atoms with Gasteiger partial charge in [0.05, 0.1) is 18.2 Å². The van der Waals surface area contributed by atoms with E-state index in [1.54, 1.807) is 32.4 Å². The van der Waals surface area contributed by atoms with Gasteiger partial charge in [-0.25, -0.2) is 4.39 Å². The number of ether oxygens (including phenoxy) is 3. The van der Waals surface area contributed by atoms with Crippen LogP contribution in [0.3, 0.4) is 0 Å². The summed E-state index contributed by atoms with van der Waals surface area (Å²) in [7, 11) is 3.25. The zero-order valence-corrected chi connectivity index (χ0v) is 16.6. The van der Waals surface area contributed by atoms with Gasteiger partial charge in [0, 0.05) is 25.8 Å². The van der Waals surface area contributed by atoms with Crippen molar-refractivity contribution in [1.29, 1.82) is 0 Å². The molecule has 0 fully saturated rings. The molecule has 0 radical (unpaired) electrons. The molecule has 0 amide bonds. The second-order valence-corrected chi connectivity index (χ2v) is 6.01. The minimum absolute atomic E-state index is 0. The summed E-state index contributed by atoms with van der Waals surface area (Å²) in [6.07, 6.45) is 0. The molecule has 138 valence electrons. The third-order valence-electron chi connectivity index (χ3n) is 3.43. The molecular formula is C18H22BrClFNO3. The largest absolute Gasteiger partial charge is 0.493 e. The minimum atomic E-state index is -0.286. The Morgan fingerprint density at radius 2 is 1.92 bits per heavy atom. The molecule has 0 saturated heterocycles. The summed E-state index contributed by atoms with van der Waals surface area (Å²) in [5, 5.41) is 3.27. The van der Waals surface area contributed by atoms with Gasteiger partial charge in [-0.1, -0.05) is 18.2 Å². The van der Waals surface area contributed by atoms with Crippen LogP contribution in [-0.2, 0) is 17.9 Å². The van der Waals surface area contributed by atoms with Crippen LogP contribution in [0, 0.1) is 5.82 Å². The molecule has 4 nitrogen and oxygen atoms in total. The lowest BCUT2D eigenvalue weighted by molar-refractivity contribution is 0.199. The first-order valence-electron chi connectivity index (χ1n) is 7.58. The van der Waals surface area contributed by atoms with E-state index in [9.17, 15) is 4.39 Å². The first-order chi connectivity index (χ1) is 11.7.